The summed E-state index contributed by atoms with van der Waals surface area (Å²) in [5.74, 6) is -0.673. The molecular formula is C10H14FN3O2S. The molecule has 1 aromatic carbocycles. The van der Waals surface area contributed by atoms with E-state index < -0.39 is 16.0 Å². The number of halogens is 1. The molecule has 0 amide bonds. The Hall–Kier alpha value is -1.34. The Bertz CT molecular complexity index is 512. The highest BCUT2D eigenvalue weighted by Gasteiger charge is 2.25. The maximum atomic E-state index is 13.4. The van der Waals surface area contributed by atoms with Crippen LogP contribution in [0.15, 0.2) is 18.2 Å². The third-order valence-electron chi connectivity index (χ3n) is 2.64. The molecule has 0 radical (unpaired) electrons. The average molecular weight is 259 g/mol. The van der Waals surface area contributed by atoms with Crippen molar-refractivity contribution in [1.29, 1.82) is 0 Å². The number of nitrogens with zero attached hydrogens (tertiary/aromatic N) is 1. The van der Waals surface area contributed by atoms with Crippen LogP contribution in [0.4, 0.5) is 15.8 Å². The van der Waals surface area contributed by atoms with Crippen molar-refractivity contribution < 1.29 is 12.8 Å². The summed E-state index contributed by atoms with van der Waals surface area (Å²) >= 11 is 0. The Morgan fingerprint density at radius 1 is 1.29 bits per heavy atom. The Labute approximate surface area is 99.6 Å². The van der Waals surface area contributed by atoms with Gasteiger partial charge in [-0.05, 0) is 31.0 Å². The van der Waals surface area contributed by atoms with Gasteiger partial charge >= 0.3 is 10.2 Å². The first kappa shape index (κ1) is 12.1. The summed E-state index contributed by atoms with van der Waals surface area (Å²) in [6, 6.07) is 3.85. The van der Waals surface area contributed by atoms with Gasteiger partial charge in [-0.2, -0.15) is 12.7 Å². The molecule has 2 rings (SSSR count). The highest BCUT2D eigenvalue weighted by molar-refractivity contribution is 7.90. The van der Waals surface area contributed by atoms with E-state index in [4.69, 9.17) is 5.73 Å². The second-order valence-electron chi connectivity index (χ2n) is 3.95. The van der Waals surface area contributed by atoms with E-state index in [0.29, 0.717) is 13.1 Å². The zero-order chi connectivity index (χ0) is 12.5. The van der Waals surface area contributed by atoms with E-state index in [1.807, 2.05) is 0 Å². The molecule has 5 nitrogen and oxygen atoms in total. The molecule has 1 aliphatic heterocycles. The monoisotopic (exact) mass is 259 g/mol. The van der Waals surface area contributed by atoms with Crippen LogP contribution in [-0.2, 0) is 10.2 Å². The standard InChI is InChI=1S/C10H14FN3O2S/c11-9-7-8(12)3-4-10(9)13-17(15,16)14-5-1-2-6-14/h3-4,7,13H,1-2,5-6,12H2. The highest BCUT2D eigenvalue weighted by Crippen LogP contribution is 2.20. The van der Waals surface area contributed by atoms with Crippen LogP contribution in [0.25, 0.3) is 0 Å². The molecule has 1 aromatic rings. The van der Waals surface area contributed by atoms with Crippen LogP contribution in [0.3, 0.4) is 0 Å². The molecular weight excluding hydrogens is 245 g/mol. The number of anilines is 2. The van der Waals surface area contributed by atoms with Crippen LogP contribution in [0, 0.1) is 5.82 Å². The molecule has 7 heteroatoms. The van der Waals surface area contributed by atoms with E-state index in [-0.39, 0.29) is 11.4 Å². The predicted molar refractivity (Wildman–Crippen MR) is 64.2 cm³/mol. The molecule has 1 heterocycles. The molecule has 0 atom stereocenters. The van der Waals surface area contributed by atoms with Crippen molar-refractivity contribution in [1.82, 2.24) is 4.31 Å². The van der Waals surface area contributed by atoms with E-state index in [0.717, 1.165) is 18.9 Å². The summed E-state index contributed by atoms with van der Waals surface area (Å²) in [4.78, 5) is 0. The molecule has 0 aliphatic carbocycles. The lowest BCUT2D eigenvalue weighted by molar-refractivity contribution is 0.482. The van der Waals surface area contributed by atoms with Gasteiger partial charge in [-0.25, -0.2) is 4.39 Å². The molecule has 0 unspecified atom stereocenters. The Kier molecular flexibility index (Phi) is 3.21. The van der Waals surface area contributed by atoms with Crippen LogP contribution in [-0.4, -0.2) is 25.8 Å². The van der Waals surface area contributed by atoms with E-state index >= 15 is 0 Å². The number of rotatable bonds is 3. The van der Waals surface area contributed by atoms with Crippen molar-refractivity contribution >= 4 is 21.6 Å². The minimum Gasteiger partial charge on any atom is -0.399 e. The van der Waals surface area contributed by atoms with Crippen LogP contribution >= 0.6 is 0 Å². The van der Waals surface area contributed by atoms with Gasteiger partial charge in [0.25, 0.3) is 0 Å². The quantitative estimate of drug-likeness (QED) is 0.800. The Morgan fingerprint density at radius 3 is 2.53 bits per heavy atom. The van der Waals surface area contributed by atoms with Crippen LogP contribution in [0.5, 0.6) is 0 Å². The maximum absolute atomic E-state index is 13.4. The summed E-state index contributed by atoms with van der Waals surface area (Å²) in [6.45, 7) is 0.956. The van der Waals surface area contributed by atoms with Crippen LogP contribution in [0.2, 0.25) is 0 Å². The minimum atomic E-state index is -3.65. The number of hydrogen-bond donors (Lipinski definition) is 2. The first-order chi connectivity index (χ1) is 7.99. The number of nitrogens with one attached hydrogen (secondary N) is 1. The minimum absolute atomic E-state index is 0.0777. The van der Waals surface area contributed by atoms with E-state index in [1.54, 1.807) is 0 Å². The normalized spacial score (nSPS) is 17.2. The van der Waals surface area contributed by atoms with Crippen molar-refractivity contribution in [3.05, 3.63) is 24.0 Å². The second-order valence-corrected chi connectivity index (χ2v) is 5.62. The molecule has 1 saturated heterocycles. The smallest absolute Gasteiger partial charge is 0.301 e. The van der Waals surface area contributed by atoms with Gasteiger partial charge in [-0.15, -0.1) is 0 Å². The van der Waals surface area contributed by atoms with Gasteiger partial charge in [-0.1, -0.05) is 0 Å². The molecule has 94 valence electrons. The summed E-state index contributed by atoms with van der Waals surface area (Å²) in [6.07, 6.45) is 1.68. The molecule has 0 saturated carbocycles. The fraction of sp³-hybridized carbons (Fsp3) is 0.400. The van der Waals surface area contributed by atoms with Crippen molar-refractivity contribution in [2.75, 3.05) is 23.5 Å². The van der Waals surface area contributed by atoms with Gasteiger partial charge in [0, 0.05) is 18.8 Å². The van der Waals surface area contributed by atoms with Gasteiger partial charge in [0.2, 0.25) is 0 Å². The number of nitrogen functional groups attached to an aromatic ring is 1. The van der Waals surface area contributed by atoms with Gasteiger partial charge in [0.15, 0.2) is 0 Å². The molecule has 0 bridgehead atoms. The predicted octanol–water partition coefficient (Wildman–Crippen LogP) is 1.16. The maximum Gasteiger partial charge on any atom is 0.301 e. The van der Waals surface area contributed by atoms with Gasteiger partial charge in [-0.3, -0.25) is 4.72 Å². The van der Waals surface area contributed by atoms with Gasteiger partial charge in [0.05, 0.1) is 5.69 Å². The van der Waals surface area contributed by atoms with Crippen LogP contribution < -0.4 is 10.5 Å². The Balaban J connectivity index is 2.19. The summed E-state index contributed by atoms with van der Waals surface area (Å²) in [7, 11) is -3.65. The lowest BCUT2D eigenvalue weighted by atomic mass is 10.3. The molecule has 17 heavy (non-hydrogen) atoms. The largest absolute Gasteiger partial charge is 0.399 e. The van der Waals surface area contributed by atoms with Crippen molar-refractivity contribution in [2.45, 2.75) is 12.8 Å². The number of benzene rings is 1. The first-order valence-electron chi connectivity index (χ1n) is 5.32. The molecule has 0 spiro atoms. The zero-order valence-electron chi connectivity index (χ0n) is 9.19. The van der Waals surface area contributed by atoms with Crippen molar-refractivity contribution in [2.24, 2.45) is 0 Å². The fourth-order valence-electron chi connectivity index (χ4n) is 1.75. The van der Waals surface area contributed by atoms with E-state index in [9.17, 15) is 12.8 Å². The summed E-state index contributed by atoms with van der Waals surface area (Å²) in [5, 5.41) is 0. The SMILES string of the molecule is Nc1ccc(NS(=O)(=O)N2CCCC2)c(F)c1. The lowest BCUT2D eigenvalue weighted by Crippen LogP contribution is -2.33. The van der Waals surface area contributed by atoms with Gasteiger partial charge in [0.1, 0.15) is 5.82 Å². The topological polar surface area (TPSA) is 75.4 Å². The highest BCUT2D eigenvalue weighted by atomic mass is 32.2. The summed E-state index contributed by atoms with van der Waals surface area (Å²) < 4.78 is 40.7. The van der Waals surface area contributed by atoms with E-state index in [1.165, 1.54) is 16.4 Å². The second kappa shape index (κ2) is 4.50. The van der Waals surface area contributed by atoms with Crippen LogP contribution in [0.1, 0.15) is 12.8 Å². The third kappa shape index (κ3) is 2.67. The number of hydrogen-bond acceptors (Lipinski definition) is 3. The molecule has 1 aliphatic rings. The molecule has 3 N–H and O–H groups in total. The van der Waals surface area contributed by atoms with E-state index in [2.05, 4.69) is 4.72 Å². The average Bonchev–Trinajstić information content (AvgIpc) is 2.76. The number of nitrogens with two attached hydrogens (primary N) is 1. The zero-order valence-corrected chi connectivity index (χ0v) is 10.0. The first-order valence-corrected chi connectivity index (χ1v) is 6.76. The van der Waals surface area contributed by atoms with Crippen molar-refractivity contribution in [3.8, 4) is 0 Å². The van der Waals surface area contributed by atoms with Crippen molar-refractivity contribution in [3.63, 3.8) is 0 Å². The Morgan fingerprint density at radius 2 is 1.94 bits per heavy atom. The third-order valence-corrected chi connectivity index (χ3v) is 4.16. The summed E-state index contributed by atoms with van der Waals surface area (Å²) in [5.41, 5.74) is 5.56. The fourth-order valence-corrected chi connectivity index (χ4v) is 3.06. The molecule has 0 aromatic heterocycles. The molecule has 1 fully saturated rings. The lowest BCUT2D eigenvalue weighted by Gasteiger charge is -2.17. The van der Waals surface area contributed by atoms with Gasteiger partial charge < -0.3 is 5.73 Å².